The van der Waals surface area contributed by atoms with Crippen LogP contribution in [0.3, 0.4) is 0 Å². The van der Waals surface area contributed by atoms with Crippen molar-refractivity contribution in [2.75, 3.05) is 12.4 Å². The van der Waals surface area contributed by atoms with E-state index in [1.807, 2.05) is 52.0 Å². The molecule has 12 nitrogen and oxygen atoms in total. The van der Waals surface area contributed by atoms with Crippen molar-refractivity contribution in [1.29, 1.82) is 0 Å². The summed E-state index contributed by atoms with van der Waals surface area (Å²) >= 11 is 0. The van der Waals surface area contributed by atoms with Crippen molar-refractivity contribution in [3.63, 3.8) is 0 Å². The molecule has 3 N–H and O–H groups in total. The average Bonchev–Trinajstić information content (AvgIpc) is 3.46. The van der Waals surface area contributed by atoms with Crippen LogP contribution in [0.1, 0.15) is 85.4 Å². The number of aromatic nitrogens is 4. The highest BCUT2D eigenvalue weighted by Gasteiger charge is 2.23. The van der Waals surface area contributed by atoms with Gasteiger partial charge >= 0.3 is 12.2 Å². The van der Waals surface area contributed by atoms with Gasteiger partial charge in [-0.2, -0.15) is 0 Å². The molecule has 3 amide bonds. The van der Waals surface area contributed by atoms with Crippen LogP contribution in [0.4, 0.5) is 15.4 Å². The van der Waals surface area contributed by atoms with Gasteiger partial charge in [-0.05, 0) is 71.9 Å². The largest absolute Gasteiger partial charge is 0.444 e. The predicted molar refractivity (Wildman–Crippen MR) is 177 cm³/mol. The summed E-state index contributed by atoms with van der Waals surface area (Å²) in [4.78, 5) is 55.8. The number of carbonyl (C=O) groups is 3. The SMILES string of the molecule is CCC(=O)NC1CC=C(c2cnc(NC(=O)OC(C)(C)C)c(-c3cnc(-c4ccc(CN(C)C(=O)OC(C)(C)C)cc4)[nH]3)n2)CC1. The average molecular weight is 632 g/mol. The van der Waals surface area contributed by atoms with E-state index in [9.17, 15) is 14.4 Å². The standard InChI is InChI=1S/C34H45N7O5/c1-9-27(42)37-24-16-14-22(15-17-24)25-18-36-30(40-31(43)45-33(2,3)4)28(38-25)26-19-35-29(39-26)23-12-10-21(11-13-23)20-41(8)32(44)46-34(5,6)7/h10-14,18-19,24H,9,15-17,20H2,1-8H3,(H,35,39)(H,37,42)(H,36,40,43). The number of hydrogen-bond donors (Lipinski definition) is 3. The zero-order chi connectivity index (χ0) is 33.6. The maximum absolute atomic E-state index is 12.7. The third-order valence-corrected chi connectivity index (χ3v) is 7.00. The van der Waals surface area contributed by atoms with Gasteiger partial charge in [-0.3, -0.25) is 10.1 Å². The number of aromatic amines is 1. The van der Waals surface area contributed by atoms with Crippen LogP contribution in [-0.4, -0.2) is 67.2 Å². The number of nitrogens with one attached hydrogen (secondary N) is 3. The number of rotatable bonds is 8. The summed E-state index contributed by atoms with van der Waals surface area (Å²) in [7, 11) is 1.70. The minimum Gasteiger partial charge on any atom is -0.444 e. The number of imidazole rings is 1. The molecule has 1 aromatic carbocycles. The smallest absolute Gasteiger partial charge is 0.413 e. The zero-order valence-corrected chi connectivity index (χ0v) is 28.0. The molecule has 1 unspecified atom stereocenters. The molecule has 0 fully saturated rings. The fourth-order valence-electron chi connectivity index (χ4n) is 4.79. The summed E-state index contributed by atoms with van der Waals surface area (Å²) < 4.78 is 10.9. The molecule has 3 aromatic rings. The Morgan fingerprint density at radius 3 is 2.30 bits per heavy atom. The molecular weight excluding hydrogens is 586 g/mol. The number of H-pyrrole nitrogens is 1. The number of ether oxygens (including phenoxy) is 2. The van der Waals surface area contributed by atoms with Gasteiger partial charge in [0.1, 0.15) is 22.7 Å². The Balaban J connectivity index is 1.57. The Bertz CT molecular complexity index is 1580. The third-order valence-electron chi connectivity index (χ3n) is 7.00. The number of hydrogen-bond acceptors (Lipinski definition) is 8. The number of nitrogens with zero attached hydrogens (tertiary/aromatic N) is 4. The van der Waals surface area contributed by atoms with E-state index in [0.717, 1.165) is 29.5 Å². The summed E-state index contributed by atoms with van der Waals surface area (Å²) in [6, 6.07) is 7.79. The summed E-state index contributed by atoms with van der Waals surface area (Å²) in [5.74, 6) is 0.876. The second-order valence-corrected chi connectivity index (χ2v) is 13.4. The van der Waals surface area contributed by atoms with E-state index >= 15 is 0 Å². The minimum atomic E-state index is -0.691. The van der Waals surface area contributed by atoms with Crippen LogP contribution < -0.4 is 10.6 Å². The van der Waals surface area contributed by atoms with Gasteiger partial charge in [-0.1, -0.05) is 37.3 Å². The maximum Gasteiger partial charge on any atom is 0.413 e. The molecule has 1 aliphatic rings. The number of amides is 3. The van der Waals surface area contributed by atoms with Gasteiger partial charge in [0.05, 0.1) is 23.8 Å². The van der Waals surface area contributed by atoms with Gasteiger partial charge in [-0.25, -0.2) is 24.5 Å². The number of anilines is 1. The van der Waals surface area contributed by atoms with Crippen LogP contribution in [0.25, 0.3) is 28.3 Å². The van der Waals surface area contributed by atoms with Crippen LogP contribution in [0.2, 0.25) is 0 Å². The van der Waals surface area contributed by atoms with Crippen molar-refractivity contribution in [3.8, 4) is 22.8 Å². The van der Waals surface area contributed by atoms with Gasteiger partial charge in [0.25, 0.3) is 0 Å². The van der Waals surface area contributed by atoms with E-state index in [-0.39, 0.29) is 17.8 Å². The zero-order valence-electron chi connectivity index (χ0n) is 28.0. The quantitative estimate of drug-likeness (QED) is 0.248. The van der Waals surface area contributed by atoms with Gasteiger partial charge in [-0.15, -0.1) is 0 Å². The van der Waals surface area contributed by atoms with Crippen molar-refractivity contribution < 1.29 is 23.9 Å². The Kier molecular flexibility index (Phi) is 10.5. The van der Waals surface area contributed by atoms with E-state index in [0.29, 0.717) is 42.3 Å². The lowest BCUT2D eigenvalue weighted by molar-refractivity contribution is -0.121. The first-order valence-electron chi connectivity index (χ1n) is 15.5. The summed E-state index contributed by atoms with van der Waals surface area (Å²) in [6.07, 6.45) is 7.02. The predicted octanol–water partition coefficient (Wildman–Crippen LogP) is 6.71. The fourth-order valence-corrected chi connectivity index (χ4v) is 4.79. The highest BCUT2D eigenvalue weighted by Crippen LogP contribution is 2.31. The van der Waals surface area contributed by atoms with Crippen LogP contribution in [0.5, 0.6) is 0 Å². The molecule has 0 bridgehead atoms. The Hall–Kier alpha value is -4.74. The number of carbonyl (C=O) groups excluding carboxylic acids is 3. The van der Waals surface area contributed by atoms with Gasteiger partial charge in [0.2, 0.25) is 5.91 Å². The molecule has 246 valence electrons. The van der Waals surface area contributed by atoms with Crippen molar-refractivity contribution in [3.05, 3.63) is 54.0 Å². The van der Waals surface area contributed by atoms with Gasteiger partial charge in [0, 0.05) is 31.6 Å². The molecule has 0 spiro atoms. The first-order valence-corrected chi connectivity index (χ1v) is 15.5. The van der Waals surface area contributed by atoms with E-state index in [2.05, 4.69) is 31.7 Å². The number of benzene rings is 1. The van der Waals surface area contributed by atoms with E-state index in [1.54, 1.807) is 40.2 Å². The second-order valence-electron chi connectivity index (χ2n) is 13.4. The van der Waals surface area contributed by atoms with Crippen molar-refractivity contribution in [2.24, 2.45) is 0 Å². The Morgan fingerprint density at radius 1 is 1.00 bits per heavy atom. The van der Waals surface area contributed by atoms with Crippen molar-refractivity contribution in [2.45, 2.75) is 97.9 Å². The highest BCUT2D eigenvalue weighted by atomic mass is 16.6. The second kappa shape index (κ2) is 14.1. The molecule has 12 heteroatoms. The topological polar surface area (TPSA) is 151 Å². The van der Waals surface area contributed by atoms with Crippen LogP contribution in [-0.2, 0) is 20.8 Å². The minimum absolute atomic E-state index is 0.0410. The molecule has 2 aromatic heterocycles. The lowest BCUT2D eigenvalue weighted by atomic mass is 9.93. The molecule has 1 aliphatic carbocycles. The van der Waals surface area contributed by atoms with E-state index < -0.39 is 23.4 Å². The fraction of sp³-hybridized carbons (Fsp3) is 0.471. The van der Waals surface area contributed by atoms with Crippen molar-refractivity contribution in [1.82, 2.24) is 30.2 Å². The summed E-state index contributed by atoms with van der Waals surface area (Å²) in [5.41, 5.74) is 3.18. The molecular formula is C34H45N7O5. The molecule has 0 saturated carbocycles. The Morgan fingerprint density at radius 2 is 1.70 bits per heavy atom. The first kappa shape index (κ1) is 34.1. The monoisotopic (exact) mass is 631 g/mol. The van der Waals surface area contributed by atoms with Gasteiger partial charge < -0.3 is 24.7 Å². The van der Waals surface area contributed by atoms with Gasteiger partial charge in [0.15, 0.2) is 5.82 Å². The van der Waals surface area contributed by atoms with E-state index in [4.69, 9.17) is 14.5 Å². The maximum atomic E-state index is 12.7. The summed E-state index contributed by atoms with van der Waals surface area (Å²) in [5, 5.41) is 5.79. The first-order chi connectivity index (χ1) is 21.6. The third kappa shape index (κ3) is 9.63. The van der Waals surface area contributed by atoms with Crippen molar-refractivity contribution >= 4 is 29.5 Å². The molecule has 0 radical (unpaired) electrons. The summed E-state index contributed by atoms with van der Waals surface area (Å²) in [6.45, 7) is 13.1. The lowest BCUT2D eigenvalue weighted by Gasteiger charge is -2.24. The molecule has 0 aliphatic heterocycles. The molecule has 0 saturated heterocycles. The van der Waals surface area contributed by atoms with Crippen LogP contribution in [0.15, 0.2) is 42.7 Å². The van der Waals surface area contributed by atoms with E-state index in [1.165, 1.54) is 4.90 Å². The lowest BCUT2D eigenvalue weighted by Crippen LogP contribution is -2.35. The van der Waals surface area contributed by atoms with Crippen LogP contribution in [0, 0.1) is 0 Å². The molecule has 2 heterocycles. The van der Waals surface area contributed by atoms with Crippen LogP contribution >= 0.6 is 0 Å². The molecule has 46 heavy (non-hydrogen) atoms. The number of allylic oxidation sites excluding steroid dienone is 1. The molecule has 4 rings (SSSR count). The Labute approximate surface area is 270 Å². The molecule has 1 atom stereocenters. The normalized spacial score (nSPS) is 15.0. The highest BCUT2D eigenvalue weighted by molar-refractivity contribution is 5.88.